The second-order valence-corrected chi connectivity index (χ2v) is 5.46. The van der Waals surface area contributed by atoms with Crippen molar-refractivity contribution < 1.29 is 0 Å². The Morgan fingerprint density at radius 2 is 1.53 bits per heavy atom. The molecule has 0 fully saturated rings. The maximum Gasteiger partial charge on any atom is 0.157 e. The van der Waals surface area contributed by atoms with Gasteiger partial charge in [0, 0.05) is 9.92 Å². The number of nitrogens with two attached hydrogens (primary N) is 1. The van der Waals surface area contributed by atoms with Crippen LogP contribution >= 0.6 is 23.4 Å². The largest absolute Gasteiger partial charge is 0.381 e. The molecule has 19 heavy (non-hydrogen) atoms. The summed E-state index contributed by atoms with van der Waals surface area (Å²) in [5.41, 5.74) is 7.59. The number of anilines is 1. The summed E-state index contributed by atoms with van der Waals surface area (Å²) in [4.78, 5) is 9.92. The summed E-state index contributed by atoms with van der Waals surface area (Å²) in [5, 5.41) is 1.42. The second-order valence-electron chi connectivity index (χ2n) is 3.96. The van der Waals surface area contributed by atoms with E-state index in [1.54, 1.807) is 0 Å². The van der Waals surface area contributed by atoms with E-state index in [-0.39, 0.29) is 0 Å². The molecule has 1 heterocycles. The molecule has 5 heteroatoms. The summed E-state index contributed by atoms with van der Waals surface area (Å²) in [7, 11) is 0. The standard InChI is InChI=1S/C14H10ClN3S/c15-9-5-7-10(8-6-9)19-14-13(16)17-11-3-1-2-4-12(11)18-14/h1-8H,(H2,16,17). The number of hydrogen-bond acceptors (Lipinski definition) is 4. The van der Waals surface area contributed by atoms with Gasteiger partial charge in [0.1, 0.15) is 5.03 Å². The first-order valence-corrected chi connectivity index (χ1v) is 6.87. The zero-order valence-corrected chi connectivity index (χ0v) is 11.4. The topological polar surface area (TPSA) is 51.8 Å². The van der Waals surface area contributed by atoms with Crippen LogP contribution in [-0.4, -0.2) is 9.97 Å². The fraction of sp³-hybridized carbons (Fsp3) is 0. The predicted molar refractivity (Wildman–Crippen MR) is 79.5 cm³/mol. The molecule has 3 nitrogen and oxygen atoms in total. The van der Waals surface area contributed by atoms with Gasteiger partial charge in [-0.3, -0.25) is 0 Å². The van der Waals surface area contributed by atoms with Gasteiger partial charge in [-0.15, -0.1) is 0 Å². The van der Waals surface area contributed by atoms with E-state index in [1.807, 2.05) is 48.5 Å². The number of fused-ring (bicyclic) bond motifs is 1. The number of benzene rings is 2. The molecule has 0 radical (unpaired) electrons. The van der Waals surface area contributed by atoms with Crippen LogP contribution in [0.2, 0.25) is 5.02 Å². The van der Waals surface area contributed by atoms with Crippen LogP contribution in [0, 0.1) is 0 Å². The van der Waals surface area contributed by atoms with E-state index in [0.29, 0.717) is 15.9 Å². The minimum Gasteiger partial charge on any atom is -0.381 e. The second kappa shape index (κ2) is 5.07. The summed E-state index contributed by atoms with van der Waals surface area (Å²) < 4.78 is 0. The lowest BCUT2D eigenvalue weighted by Crippen LogP contribution is -1.97. The Hall–Kier alpha value is -1.78. The molecule has 0 saturated carbocycles. The van der Waals surface area contributed by atoms with E-state index in [9.17, 15) is 0 Å². The predicted octanol–water partition coefficient (Wildman–Crippen LogP) is 4.02. The van der Waals surface area contributed by atoms with Gasteiger partial charge in [-0.05, 0) is 36.4 Å². The molecule has 0 saturated heterocycles. The molecule has 0 bridgehead atoms. The first-order valence-electron chi connectivity index (χ1n) is 5.68. The molecule has 0 unspecified atom stereocenters. The third-order valence-electron chi connectivity index (χ3n) is 2.59. The van der Waals surface area contributed by atoms with Crippen molar-refractivity contribution in [3.63, 3.8) is 0 Å². The molecule has 0 aliphatic carbocycles. The van der Waals surface area contributed by atoms with Crippen molar-refractivity contribution in [1.82, 2.24) is 9.97 Å². The van der Waals surface area contributed by atoms with E-state index in [0.717, 1.165) is 15.9 Å². The quantitative estimate of drug-likeness (QED) is 0.773. The van der Waals surface area contributed by atoms with Crippen molar-refractivity contribution in [2.75, 3.05) is 5.73 Å². The first-order chi connectivity index (χ1) is 9.22. The highest BCUT2D eigenvalue weighted by Gasteiger charge is 2.07. The van der Waals surface area contributed by atoms with Crippen molar-refractivity contribution in [3.05, 3.63) is 53.6 Å². The fourth-order valence-corrected chi connectivity index (χ4v) is 2.60. The molecule has 3 rings (SSSR count). The number of rotatable bonds is 2. The van der Waals surface area contributed by atoms with E-state index >= 15 is 0 Å². The molecular weight excluding hydrogens is 278 g/mol. The molecular formula is C14H10ClN3S. The van der Waals surface area contributed by atoms with Crippen molar-refractivity contribution in [2.45, 2.75) is 9.92 Å². The Labute approximate surface area is 119 Å². The molecule has 94 valence electrons. The lowest BCUT2D eigenvalue weighted by atomic mass is 10.3. The van der Waals surface area contributed by atoms with Crippen LogP contribution in [0.5, 0.6) is 0 Å². The third kappa shape index (κ3) is 2.64. The molecule has 0 atom stereocenters. The first kappa shape index (κ1) is 12.3. The van der Waals surface area contributed by atoms with Crippen molar-refractivity contribution in [1.29, 1.82) is 0 Å². The SMILES string of the molecule is Nc1nc2ccccc2nc1Sc1ccc(Cl)cc1. The summed E-state index contributed by atoms with van der Waals surface area (Å²) >= 11 is 7.34. The third-order valence-corrected chi connectivity index (χ3v) is 3.85. The van der Waals surface area contributed by atoms with Crippen LogP contribution in [-0.2, 0) is 0 Å². The molecule has 0 spiro atoms. The Bertz CT molecular complexity index is 728. The van der Waals surface area contributed by atoms with E-state index in [1.165, 1.54) is 11.8 Å². The van der Waals surface area contributed by atoms with E-state index in [2.05, 4.69) is 9.97 Å². The molecule has 3 aromatic rings. The molecule has 1 aromatic heterocycles. The highest BCUT2D eigenvalue weighted by molar-refractivity contribution is 7.99. The van der Waals surface area contributed by atoms with Crippen LogP contribution in [0.3, 0.4) is 0 Å². The molecule has 2 aromatic carbocycles. The van der Waals surface area contributed by atoms with Gasteiger partial charge in [0.2, 0.25) is 0 Å². The van der Waals surface area contributed by atoms with Gasteiger partial charge in [0.15, 0.2) is 5.82 Å². The van der Waals surface area contributed by atoms with Crippen LogP contribution in [0.25, 0.3) is 11.0 Å². The van der Waals surface area contributed by atoms with Crippen molar-refractivity contribution >= 4 is 40.2 Å². The molecule has 2 N–H and O–H groups in total. The van der Waals surface area contributed by atoms with Crippen molar-refractivity contribution in [2.24, 2.45) is 0 Å². The molecule has 0 aliphatic rings. The van der Waals surface area contributed by atoms with Gasteiger partial charge in [-0.1, -0.05) is 35.5 Å². The lowest BCUT2D eigenvalue weighted by molar-refractivity contribution is 1.13. The van der Waals surface area contributed by atoms with E-state index < -0.39 is 0 Å². The number of aromatic nitrogens is 2. The monoisotopic (exact) mass is 287 g/mol. The van der Waals surface area contributed by atoms with Crippen LogP contribution < -0.4 is 5.73 Å². The lowest BCUT2D eigenvalue weighted by Gasteiger charge is -2.05. The van der Waals surface area contributed by atoms with Crippen LogP contribution in [0.15, 0.2) is 58.5 Å². The van der Waals surface area contributed by atoms with E-state index in [4.69, 9.17) is 17.3 Å². The number of para-hydroxylation sites is 2. The Kier molecular flexibility index (Phi) is 3.27. The van der Waals surface area contributed by atoms with Crippen LogP contribution in [0.4, 0.5) is 5.82 Å². The maximum atomic E-state index is 5.94. The average molecular weight is 288 g/mol. The highest BCUT2D eigenvalue weighted by atomic mass is 35.5. The molecule has 0 amide bonds. The average Bonchev–Trinajstić information content (AvgIpc) is 2.42. The van der Waals surface area contributed by atoms with Crippen molar-refractivity contribution in [3.8, 4) is 0 Å². The Morgan fingerprint density at radius 3 is 2.21 bits per heavy atom. The summed E-state index contributed by atoms with van der Waals surface area (Å²) in [6.45, 7) is 0. The fourth-order valence-electron chi connectivity index (χ4n) is 1.69. The number of halogens is 1. The summed E-state index contributed by atoms with van der Waals surface area (Å²) in [5.74, 6) is 0.443. The highest BCUT2D eigenvalue weighted by Crippen LogP contribution is 2.31. The van der Waals surface area contributed by atoms with Gasteiger partial charge < -0.3 is 5.73 Å². The Morgan fingerprint density at radius 1 is 0.895 bits per heavy atom. The van der Waals surface area contributed by atoms with Gasteiger partial charge in [-0.2, -0.15) is 0 Å². The van der Waals surface area contributed by atoms with Gasteiger partial charge >= 0.3 is 0 Å². The number of nitrogen functional groups attached to an aromatic ring is 1. The summed E-state index contributed by atoms with van der Waals surface area (Å²) in [6.07, 6.45) is 0. The normalized spacial score (nSPS) is 10.8. The summed E-state index contributed by atoms with van der Waals surface area (Å²) in [6, 6.07) is 15.2. The smallest absolute Gasteiger partial charge is 0.157 e. The zero-order valence-electron chi connectivity index (χ0n) is 9.88. The van der Waals surface area contributed by atoms with Gasteiger partial charge in [0.25, 0.3) is 0 Å². The maximum absolute atomic E-state index is 5.94. The van der Waals surface area contributed by atoms with Crippen LogP contribution in [0.1, 0.15) is 0 Å². The van der Waals surface area contributed by atoms with Gasteiger partial charge in [-0.25, -0.2) is 9.97 Å². The Balaban J connectivity index is 2.00. The number of hydrogen-bond donors (Lipinski definition) is 1. The minimum absolute atomic E-state index is 0.443. The minimum atomic E-state index is 0.443. The zero-order chi connectivity index (χ0) is 13.2. The van der Waals surface area contributed by atoms with Gasteiger partial charge in [0.05, 0.1) is 11.0 Å². The molecule has 0 aliphatic heterocycles. The number of nitrogens with zero attached hydrogens (tertiary/aromatic N) is 2.